The Morgan fingerprint density at radius 1 is 1.10 bits per heavy atom. The van der Waals surface area contributed by atoms with Crippen LogP contribution in [0.4, 0.5) is 23.2 Å². The van der Waals surface area contributed by atoms with Crippen molar-refractivity contribution in [2.75, 3.05) is 11.4 Å². The number of benzene rings is 2. The summed E-state index contributed by atoms with van der Waals surface area (Å²) in [7, 11) is -2.13. The van der Waals surface area contributed by atoms with Crippen LogP contribution in [0.25, 0.3) is 11.3 Å². The molecule has 0 saturated carbocycles. The Morgan fingerprint density at radius 3 is 2.29 bits per heavy atom. The number of alkyl halides is 3. The highest BCUT2D eigenvalue weighted by Crippen LogP contribution is 2.33. The monoisotopic (exact) mass is 475 g/mol. The van der Waals surface area contributed by atoms with Gasteiger partial charge in [0.25, 0.3) is 10.0 Å². The van der Waals surface area contributed by atoms with Gasteiger partial charge in [-0.1, -0.05) is 29.8 Å². The van der Waals surface area contributed by atoms with Gasteiger partial charge in [-0.3, -0.25) is 13.8 Å². The molecule has 6 nitrogen and oxygen atoms in total. The van der Waals surface area contributed by atoms with Gasteiger partial charge in [-0.25, -0.2) is 12.8 Å². The molecular formula is C19H14ClF4N3O3S. The second kappa shape index (κ2) is 7.97. The minimum Gasteiger partial charge on any atom is -0.287 e. The largest absolute Gasteiger partial charge is 0.433 e. The summed E-state index contributed by atoms with van der Waals surface area (Å²) in [6, 6.07) is 9.64. The van der Waals surface area contributed by atoms with Gasteiger partial charge >= 0.3 is 6.18 Å². The molecule has 0 N–H and O–H groups in total. The molecular weight excluding hydrogens is 462 g/mol. The zero-order chi connectivity index (χ0) is 23.1. The summed E-state index contributed by atoms with van der Waals surface area (Å²) < 4.78 is 80.9. The summed E-state index contributed by atoms with van der Waals surface area (Å²) in [5.74, 6) is -1.12. The van der Waals surface area contributed by atoms with Crippen LogP contribution in [0.2, 0.25) is 5.02 Å². The van der Waals surface area contributed by atoms with Crippen LogP contribution in [0.3, 0.4) is 0 Å². The number of anilines is 1. The van der Waals surface area contributed by atoms with Gasteiger partial charge < -0.3 is 0 Å². The van der Waals surface area contributed by atoms with E-state index in [2.05, 4.69) is 5.10 Å². The maximum absolute atomic E-state index is 14.6. The standard InChI is InChI=1S/C19H14ClF4N3O3S/c1-26-17(19(22,23)24)10-15(28)18(25-26)12-8-16(13(20)9-14(12)21)31(29,30)27(2)11-6-4-3-5-7-11/h3-10H,1-2H3. The Bertz CT molecular complexity index is 1310. The molecule has 0 aliphatic heterocycles. The fraction of sp³-hybridized carbons (Fsp3) is 0.158. The highest BCUT2D eigenvalue weighted by atomic mass is 35.5. The molecule has 0 saturated heterocycles. The van der Waals surface area contributed by atoms with Crippen molar-refractivity contribution in [1.29, 1.82) is 0 Å². The summed E-state index contributed by atoms with van der Waals surface area (Å²) in [4.78, 5) is 11.7. The third kappa shape index (κ3) is 4.28. The van der Waals surface area contributed by atoms with Crippen LogP contribution in [0, 0.1) is 5.82 Å². The molecule has 0 spiro atoms. The van der Waals surface area contributed by atoms with Crippen molar-refractivity contribution in [3.8, 4) is 11.3 Å². The Kier molecular flexibility index (Phi) is 5.85. The molecule has 3 aromatic rings. The second-order valence-corrected chi connectivity index (χ2v) is 8.78. The summed E-state index contributed by atoms with van der Waals surface area (Å²) in [6.07, 6.45) is -4.86. The third-order valence-electron chi connectivity index (χ3n) is 4.43. The Labute approximate surface area is 179 Å². The molecule has 1 aromatic heterocycles. The average Bonchev–Trinajstić information content (AvgIpc) is 2.68. The van der Waals surface area contributed by atoms with E-state index >= 15 is 0 Å². The lowest BCUT2D eigenvalue weighted by Gasteiger charge is -2.21. The molecule has 1 heterocycles. The molecule has 31 heavy (non-hydrogen) atoms. The lowest BCUT2D eigenvalue weighted by Crippen LogP contribution is -2.27. The fourth-order valence-electron chi connectivity index (χ4n) is 2.82. The molecule has 0 aliphatic rings. The normalized spacial score (nSPS) is 12.1. The summed E-state index contributed by atoms with van der Waals surface area (Å²) in [5.41, 5.74) is -3.58. The molecule has 0 amide bonds. The van der Waals surface area contributed by atoms with E-state index in [-0.39, 0.29) is 11.8 Å². The fourth-order valence-corrected chi connectivity index (χ4v) is 4.53. The molecule has 0 unspecified atom stereocenters. The average molecular weight is 476 g/mol. The Morgan fingerprint density at radius 2 is 1.71 bits per heavy atom. The SMILES string of the molecule is CN(c1ccccc1)S(=O)(=O)c1cc(-c2nn(C)c(C(F)(F)F)cc2=O)c(F)cc1Cl. The number of aromatic nitrogens is 2. The van der Waals surface area contributed by atoms with Crippen LogP contribution in [-0.2, 0) is 23.2 Å². The van der Waals surface area contributed by atoms with E-state index in [9.17, 15) is 30.8 Å². The number of halogens is 5. The molecule has 0 fully saturated rings. The first-order chi connectivity index (χ1) is 14.3. The lowest BCUT2D eigenvalue weighted by molar-refractivity contribution is -0.144. The van der Waals surface area contributed by atoms with E-state index in [1.54, 1.807) is 18.2 Å². The number of para-hydroxylation sites is 1. The number of sulfonamides is 1. The van der Waals surface area contributed by atoms with Crippen LogP contribution in [0.1, 0.15) is 5.69 Å². The highest BCUT2D eigenvalue weighted by Gasteiger charge is 2.35. The van der Waals surface area contributed by atoms with Crippen molar-refractivity contribution in [1.82, 2.24) is 9.78 Å². The zero-order valence-electron chi connectivity index (χ0n) is 16.0. The minimum absolute atomic E-state index is 0.265. The third-order valence-corrected chi connectivity index (χ3v) is 6.68. The maximum atomic E-state index is 14.6. The number of nitrogens with zero attached hydrogens (tertiary/aromatic N) is 3. The van der Waals surface area contributed by atoms with E-state index in [4.69, 9.17) is 11.6 Å². The van der Waals surface area contributed by atoms with Crippen LogP contribution in [0.15, 0.2) is 58.2 Å². The van der Waals surface area contributed by atoms with E-state index in [1.807, 2.05) is 0 Å². The smallest absolute Gasteiger partial charge is 0.287 e. The Balaban J connectivity index is 2.20. The van der Waals surface area contributed by atoms with Crippen molar-refractivity contribution < 1.29 is 26.0 Å². The van der Waals surface area contributed by atoms with Gasteiger partial charge in [-0.05, 0) is 24.3 Å². The molecule has 0 atom stereocenters. The number of aryl methyl sites for hydroxylation is 1. The van der Waals surface area contributed by atoms with Crippen LogP contribution in [0.5, 0.6) is 0 Å². The van der Waals surface area contributed by atoms with Gasteiger partial charge in [0, 0.05) is 25.7 Å². The molecule has 2 aromatic carbocycles. The van der Waals surface area contributed by atoms with Gasteiger partial charge in [-0.15, -0.1) is 0 Å². The lowest BCUT2D eigenvalue weighted by atomic mass is 10.1. The van der Waals surface area contributed by atoms with E-state index in [0.29, 0.717) is 10.7 Å². The molecule has 164 valence electrons. The predicted octanol–water partition coefficient (Wildman–Crippen LogP) is 4.08. The summed E-state index contributed by atoms with van der Waals surface area (Å²) in [6.45, 7) is 0. The maximum Gasteiger partial charge on any atom is 0.433 e. The zero-order valence-corrected chi connectivity index (χ0v) is 17.6. The summed E-state index contributed by atoms with van der Waals surface area (Å²) in [5, 5.41) is 3.05. The van der Waals surface area contributed by atoms with Crippen molar-refractivity contribution in [3.63, 3.8) is 0 Å². The first-order valence-corrected chi connectivity index (χ1v) is 10.3. The number of hydrogen-bond donors (Lipinski definition) is 0. The minimum atomic E-state index is -4.86. The predicted molar refractivity (Wildman–Crippen MR) is 107 cm³/mol. The van der Waals surface area contributed by atoms with Gasteiger partial charge in [0.05, 0.1) is 10.7 Å². The van der Waals surface area contributed by atoms with Gasteiger partial charge in [0.2, 0.25) is 5.43 Å². The number of rotatable bonds is 4. The number of hydrogen-bond acceptors (Lipinski definition) is 4. The molecule has 0 radical (unpaired) electrons. The Hall–Kier alpha value is -2.92. The first-order valence-electron chi connectivity index (χ1n) is 8.53. The molecule has 0 bridgehead atoms. The second-order valence-electron chi connectivity index (χ2n) is 6.43. The highest BCUT2D eigenvalue weighted by molar-refractivity contribution is 7.93. The van der Waals surface area contributed by atoms with Crippen molar-refractivity contribution in [2.24, 2.45) is 7.05 Å². The molecule has 3 rings (SSSR count). The summed E-state index contributed by atoms with van der Waals surface area (Å²) >= 11 is 5.96. The first kappa shape index (κ1) is 22.8. The van der Waals surface area contributed by atoms with E-state index < -0.39 is 54.3 Å². The molecule has 12 heteroatoms. The van der Waals surface area contributed by atoms with Gasteiger partial charge in [-0.2, -0.15) is 18.3 Å². The van der Waals surface area contributed by atoms with Crippen molar-refractivity contribution in [3.05, 3.63) is 75.3 Å². The van der Waals surface area contributed by atoms with Gasteiger partial charge in [0.1, 0.15) is 22.1 Å². The van der Waals surface area contributed by atoms with E-state index in [1.165, 1.54) is 19.2 Å². The van der Waals surface area contributed by atoms with Crippen LogP contribution < -0.4 is 9.73 Å². The van der Waals surface area contributed by atoms with Gasteiger partial charge in [0.15, 0.2) is 0 Å². The van der Waals surface area contributed by atoms with Crippen LogP contribution >= 0.6 is 11.6 Å². The quantitative estimate of drug-likeness (QED) is 0.533. The topological polar surface area (TPSA) is 72.3 Å². The van der Waals surface area contributed by atoms with E-state index in [0.717, 1.165) is 17.4 Å². The van der Waals surface area contributed by atoms with Crippen molar-refractivity contribution in [2.45, 2.75) is 11.1 Å². The van der Waals surface area contributed by atoms with Crippen LogP contribution in [-0.4, -0.2) is 25.2 Å². The molecule has 0 aliphatic carbocycles. The van der Waals surface area contributed by atoms with Crippen molar-refractivity contribution >= 4 is 27.3 Å².